The maximum atomic E-state index is 12.1. The molecule has 0 bridgehead atoms. The molecule has 1 aromatic heterocycles. The molecule has 0 aliphatic heterocycles. The molecule has 28 heavy (non-hydrogen) atoms. The maximum absolute atomic E-state index is 12.1. The van der Waals surface area contributed by atoms with Gasteiger partial charge in [-0.1, -0.05) is 18.6 Å². The summed E-state index contributed by atoms with van der Waals surface area (Å²) in [5.74, 6) is 1.09. The average Bonchev–Trinajstić information content (AvgIpc) is 2.94. The van der Waals surface area contributed by atoms with E-state index < -0.39 is 0 Å². The Bertz CT molecular complexity index is 822. The number of thiazole rings is 1. The van der Waals surface area contributed by atoms with E-state index in [0.717, 1.165) is 60.1 Å². The number of carbonyl (C=O) groups excluding carboxylic acids is 1. The lowest BCUT2D eigenvalue weighted by atomic mass is 9.85. The van der Waals surface area contributed by atoms with Gasteiger partial charge in [0, 0.05) is 43.0 Å². The molecule has 7 heteroatoms. The van der Waals surface area contributed by atoms with Crippen LogP contribution in [-0.2, 0) is 17.8 Å². The lowest BCUT2D eigenvalue weighted by Gasteiger charge is -2.24. The first-order valence-electron chi connectivity index (χ1n) is 9.82. The number of carbonyl (C=O) groups is 1. The second-order valence-electron chi connectivity index (χ2n) is 7.17. The van der Waals surface area contributed by atoms with E-state index in [1.807, 2.05) is 31.2 Å². The predicted octanol–water partition coefficient (Wildman–Crippen LogP) is 3.41. The summed E-state index contributed by atoms with van der Waals surface area (Å²) in [6.07, 6.45) is 4.06. The van der Waals surface area contributed by atoms with E-state index in [0.29, 0.717) is 6.54 Å². The fourth-order valence-electron chi connectivity index (χ4n) is 3.01. The Morgan fingerprint density at radius 1 is 1.29 bits per heavy atom. The van der Waals surface area contributed by atoms with Crippen LogP contribution >= 0.6 is 11.3 Å². The van der Waals surface area contributed by atoms with Gasteiger partial charge in [0.2, 0.25) is 5.91 Å². The third-order valence-corrected chi connectivity index (χ3v) is 6.19. The number of aliphatic imine (C=N–C) groups is 1. The van der Waals surface area contributed by atoms with Crippen molar-refractivity contribution in [1.82, 2.24) is 15.6 Å². The van der Waals surface area contributed by atoms with Crippen LogP contribution in [0.2, 0.25) is 0 Å². The van der Waals surface area contributed by atoms with Crippen molar-refractivity contribution >= 4 is 28.9 Å². The first-order chi connectivity index (χ1) is 13.5. The van der Waals surface area contributed by atoms with Gasteiger partial charge in [-0.25, -0.2) is 4.98 Å². The molecule has 1 aliphatic carbocycles. The Balaban J connectivity index is 1.45. The molecule has 6 nitrogen and oxygen atoms in total. The predicted molar refractivity (Wildman–Crippen MR) is 116 cm³/mol. The second-order valence-corrected chi connectivity index (χ2v) is 8.46. The second kappa shape index (κ2) is 9.68. The highest BCUT2D eigenvalue weighted by atomic mass is 32.1. The van der Waals surface area contributed by atoms with Crippen LogP contribution in [0.4, 0.5) is 5.69 Å². The van der Waals surface area contributed by atoms with Crippen LogP contribution < -0.4 is 16.0 Å². The minimum atomic E-state index is 0.140. The molecule has 1 saturated carbocycles. The number of amides is 1. The molecule has 1 heterocycles. The van der Waals surface area contributed by atoms with Crippen LogP contribution in [0.5, 0.6) is 0 Å². The van der Waals surface area contributed by atoms with Crippen LogP contribution in [0, 0.1) is 19.8 Å². The number of hydrogen-bond acceptors (Lipinski definition) is 4. The largest absolute Gasteiger partial charge is 0.356 e. The maximum Gasteiger partial charge on any atom is 0.227 e. The molecule has 1 fully saturated rings. The Kier molecular flexibility index (Phi) is 7.03. The number of aromatic nitrogens is 1. The quantitative estimate of drug-likeness (QED) is 0.492. The first-order valence-corrected chi connectivity index (χ1v) is 10.6. The Hall–Kier alpha value is -2.41. The Morgan fingerprint density at radius 2 is 2.11 bits per heavy atom. The third kappa shape index (κ3) is 5.55. The van der Waals surface area contributed by atoms with Gasteiger partial charge in [-0.05, 0) is 44.4 Å². The summed E-state index contributed by atoms with van der Waals surface area (Å²) in [5, 5.41) is 10.8. The zero-order valence-electron chi connectivity index (χ0n) is 16.8. The lowest BCUT2D eigenvalue weighted by Crippen LogP contribution is -2.37. The van der Waals surface area contributed by atoms with Gasteiger partial charge in [0.25, 0.3) is 0 Å². The summed E-state index contributed by atoms with van der Waals surface area (Å²) in [7, 11) is 1.77. The molecule has 0 radical (unpaired) electrons. The van der Waals surface area contributed by atoms with Crippen LogP contribution in [0.15, 0.2) is 29.3 Å². The highest BCUT2D eigenvalue weighted by molar-refractivity contribution is 7.11. The van der Waals surface area contributed by atoms with Crippen molar-refractivity contribution in [2.75, 3.05) is 18.9 Å². The number of benzene rings is 1. The monoisotopic (exact) mass is 399 g/mol. The average molecular weight is 400 g/mol. The first kappa shape index (κ1) is 20.3. The Labute approximate surface area is 170 Å². The van der Waals surface area contributed by atoms with Gasteiger partial charge < -0.3 is 16.0 Å². The highest BCUT2D eigenvalue weighted by Crippen LogP contribution is 2.27. The number of guanidine groups is 1. The summed E-state index contributed by atoms with van der Waals surface area (Å²) in [6.45, 7) is 5.57. The molecule has 0 saturated heterocycles. The van der Waals surface area contributed by atoms with E-state index in [9.17, 15) is 4.79 Å². The van der Waals surface area contributed by atoms with Crippen molar-refractivity contribution in [2.45, 2.75) is 46.1 Å². The molecule has 1 aliphatic rings. The fraction of sp³-hybridized carbons (Fsp3) is 0.476. The van der Waals surface area contributed by atoms with Crippen molar-refractivity contribution in [2.24, 2.45) is 10.9 Å². The zero-order chi connectivity index (χ0) is 19.9. The minimum Gasteiger partial charge on any atom is -0.356 e. The van der Waals surface area contributed by atoms with Crippen molar-refractivity contribution in [1.29, 1.82) is 0 Å². The molecule has 0 spiro atoms. The summed E-state index contributed by atoms with van der Waals surface area (Å²) >= 11 is 1.75. The van der Waals surface area contributed by atoms with Crippen molar-refractivity contribution < 1.29 is 4.79 Å². The SMILES string of the molecule is CN=C(NCCc1nc(C)c(C)s1)NCc1cccc(NC(=O)C2CCC2)c1. The molecular formula is C21H29N5OS. The lowest BCUT2D eigenvalue weighted by molar-refractivity contribution is -0.122. The van der Waals surface area contributed by atoms with Gasteiger partial charge in [0.15, 0.2) is 5.96 Å². The summed E-state index contributed by atoms with van der Waals surface area (Å²) in [6, 6.07) is 7.96. The Morgan fingerprint density at radius 3 is 2.75 bits per heavy atom. The van der Waals surface area contributed by atoms with E-state index in [4.69, 9.17) is 0 Å². The molecule has 150 valence electrons. The number of rotatable bonds is 7. The van der Waals surface area contributed by atoms with Crippen LogP contribution in [0.1, 0.15) is 40.4 Å². The van der Waals surface area contributed by atoms with Crippen molar-refractivity contribution in [3.8, 4) is 0 Å². The summed E-state index contributed by atoms with van der Waals surface area (Å²) < 4.78 is 0. The van der Waals surface area contributed by atoms with Gasteiger partial charge in [-0.3, -0.25) is 9.79 Å². The van der Waals surface area contributed by atoms with E-state index in [2.05, 4.69) is 32.9 Å². The van der Waals surface area contributed by atoms with Crippen LogP contribution in [0.25, 0.3) is 0 Å². The zero-order valence-corrected chi connectivity index (χ0v) is 17.7. The van der Waals surface area contributed by atoms with E-state index in [-0.39, 0.29) is 11.8 Å². The molecule has 1 amide bonds. The summed E-state index contributed by atoms with van der Waals surface area (Å²) in [5.41, 5.74) is 3.07. The highest BCUT2D eigenvalue weighted by Gasteiger charge is 2.25. The van der Waals surface area contributed by atoms with E-state index in [1.54, 1.807) is 18.4 Å². The van der Waals surface area contributed by atoms with Crippen LogP contribution in [0.3, 0.4) is 0 Å². The van der Waals surface area contributed by atoms with Crippen LogP contribution in [-0.4, -0.2) is 30.4 Å². The van der Waals surface area contributed by atoms with Gasteiger partial charge in [-0.15, -0.1) is 11.3 Å². The van der Waals surface area contributed by atoms with Gasteiger partial charge >= 0.3 is 0 Å². The fourth-order valence-corrected chi connectivity index (χ4v) is 3.95. The van der Waals surface area contributed by atoms with Gasteiger partial charge in [0.05, 0.1) is 10.7 Å². The van der Waals surface area contributed by atoms with Gasteiger partial charge in [0.1, 0.15) is 0 Å². The molecule has 0 atom stereocenters. The standard InChI is InChI=1S/C21H29N5OS/c1-14-15(2)28-19(25-14)10-11-23-21(22-3)24-13-16-6-4-9-18(12-16)26-20(27)17-7-5-8-17/h4,6,9,12,17H,5,7-8,10-11,13H2,1-3H3,(H,26,27)(H2,22,23,24). The van der Waals surface area contributed by atoms with E-state index in [1.165, 1.54) is 4.88 Å². The minimum absolute atomic E-state index is 0.140. The molecule has 1 aromatic carbocycles. The van der Waals surface area contributed by atoms with Gasteiger partial charge in [-0.2, -0.15) is 0 Å². The topological polar surface area (TPSA) is 78.4 Å². The number of anilines is 1. The third-order valence-electron chi connectivity index (χ3n) is 5.06. The molecular weight excluding hydrogens is 370 g/mol. The molecule has 0 unspecified atom stereocenters. The van der Waals surface area contributed by atoms with Crippen molar-refractivity contribution in [3.63, 3.8) is 0 Å². The number of aryl methyl sites for hydroxylation is 2. The number of hydrogen-bond donors (Lipinski definition) is 3. The van der Waals surface area contributed by atoms with Crippen molar-refractivity contribution in [3.05, 3.63) is 45.4 Å². The summed E-state index contributed by atoms with van der Waals surface area (Å²) in [4.78, 5) is 22.2. The smallest absolute Gasteiger partial charge is 0.227 e. The normalized spacial score (nSPS) is 14.5. The molecule has 3 N–H and O–H groups in total. The molecule has 2 aromatic rings. The molecule has 3 rings (SSSR count). The number of nitrogens with one attached hydrogen (secondary N) is 3. The number of nitrogens with zero attached hydrogens (tertiary/aromatic N) is 2. The van der Waals surface area contributed by atoms with E-state index >= 15 is 0 Å².